The van der Waals surface area contributed by atoms with Gasteiger partial charge in [-0.15, -0.1) is 6.42 Å². The van der Waals surface area contributed by atoms with E-state index in [4.69, 9.17) is 6.42 Å². The Labute approximate surface area is 192 Å². The van der Waals surface area contributed by atoms with Gasteiger partial charge in [-0.2, -0.15) is 5.26 Å². The number of fused-ring (bicyclic) bond motifs is 3. The summed E-state index contributed by atoms with van der Waals surface area (Å²) in [6.45, 7) is 5.81. The number of aromatic nitrogens is 4. The van der Waals surface area contributed by atoms with Crippen molar-refractivity contribution in [2.24, 2.45) is 0 Å². The molecule has 2 aromatic carbocycles. The van der Waals surface area contributed by atoms with Gasteiger partial charge in [0.25, 0.3) is 0 Å². The molecule has 33 heavy (non-hydrogen) atoms. The van der Waals surface area contributed by atoms with Crippen LogP contribution in [0, 0.1) is 30.6 Å². The van der Waals surface area contributed by atoms with Gasteiger partial charge in [0.2, 0.25) is 0 Å². The second-order valence-electron chi connectivity index (χ2n) is 8.56. The van der Waals surface area contributed by atoms with Crippen LogP contribution in [0.3, 0.4) is 0 Å². The van der Waals surface area contributed by atoms with Crippen LogP contribution in [-0.2, 0) is 5.41 Å². The van der Waals surface area contributed by atoms with Gasteiger partial charge in [-0.25, -0.2) is 4.98 Å². The molecule has 0 radical (unpaired) electrons. The molecule has 5 rings (SSSR count). The molecule has 0 saturated carbocycles. The molecule has 5 nitrogen and oxygen atoms in total. The number of aryl methyl sites for hydroxylation is 1. The molecular formula is C28H21N5. The van der Waals surface area contributed by atoms with E-state index in [1.165, 1.54) is 0 Å². The molecule has 0 unspecified atom stereocenters. The van der Waals surface area contributed by atoms with E-state index < -0.39 is 5.41 Å². The maximum atomic E-state index is 9.48. The lowest BCUT2D eigenvalue weighted by atomic mass is 9.86. The van der Waals surface area contributed by atoms with Crippen LogP contribution in [-0.4, -0.2) is 19.5 Å². The number of imidazole rings is 1. The van der Waals surface area contributed by atoms with E-state index in [-0.39, 0.29) is 0 Å². The minimum absolute atomic E-state index is 0.509. The van der Waals surface area contributed by atoms with Crippen LogP contribution in [0.15, 0.2) is 67.0 Å². The lowest BCUT2D eigenvalue weighted by Crippen LogP contribution is -2.13. The summed E-state index contributed by atoms with van der Waals surface area (Å²) < 4.78 is 1.99. The van der Waals surface area contributed by atoms with E-state index in [1.807, 2.05) is 61.7 Å². The summed E-state index contributed by atoms with van der Waals surface area (Å²) in [4.78, 5) is 13.7. The first-order valence-electron chi connectivity index (χ1n) is 10.6. The van der Waals surface area contributed by atoms with Crippen molar-refractivity contribution in [3.05, 3.63) is 84.1 Å². The first-order valence-corrected chi connectivity index (χ1v) is 10.6. The fraction of sp³-hybridized carbons (Fsp3) is 0.143. The molecule has 0 aliphatic rings. The lowest BCUT2D eigenvalue weighted by Gasteiger charge is -2.16. The summed E-state index contributed by atoms with van der Waals surface area (Å²) in [6.07, 6.45) is 9.41. The van der Waals surface area contributed by atoms with Crippen LogP contribution in [0.4, 0.5) is 0 Å². The maximum Gasteiger partial charge on any atom is 0.190 e. The monoisotopic (exact) mass is 427 g/mol. The number of terminal acetylenes is 1. The zero-order chi connectivity index (χ0) is 23.2. The van der Waals surface area contributed by atoms with Crippen molar-refractivity contribution in [2.75, 3.05) is 0 Å². The molecule has 3 heterocycles. The molecule has 0 amide bonds. The van der Waals surface area contributed by atoms with Gasteiger partial charge in [0.1, 0.15) is 5.52 Å². The van der Waals surface area contributed by atoms with Crippen LogP contribution in [0.25, 0.3) is 38.8 Å². The molecule has 0 aliphatic carbocycles. The molecule has 0 fully saturated rings. The highest BCUT2D eigenvalue weighted by atomic mass is 15.1. The molecule has 0 bridgehead atoms. The third-order valence-electron chi connectivity index (χ3n) is 6.06. The van der Waals surface area contributed by atoms with E-state index >= 15 is 0 Å². The Bertz CT molecular complexity index is 1610. The van der Waals surface area contributed by atoms with Crippen molar-refractivity contribution in [1.82, 2.24) is 19.5 Å². The quantitative estimate of drug-likeness (QED) is 0.345. The van der Waals surface area contributed by atoms with Gasteiger partial charge in [0.05, 0.1) is 28.7 Å². The van der Waals surface area contributed by atoms with E-state index in [2.05, 4.69) is 45.1 Å². The first-order chi connectivity index (χ1) is 15.9. The van der Waals surface area contributed by atoms with Crippen molar-refractivity contribution >= 4 is 21.9 Å². The molecule has 0 spiro atoms. The Morgan fingerprint density at radius 1 is 1.00 bits per heavy atom. The summed E-state index contributed by atoms with van der Waals surface area (Å²) in [6, 6.07) is 20.5. The van der Waals surface area contributed by atoms with Crippen LogP contribution >= 0.6 is 0 Å². The van der Waals surface area contributed by atoms with Crippen molar-refractivity contribution in [1.29, 1.82) is 5.26 Å². The SMILES string of the molecule is C#Cc1nc2cnc3ccc(-c4cccnc4C)cc3c2n1-c1ccc(C(C)(C)C#N)cc1. The minimum atomic E-state index is -0.572. The molecule has 0 aliphatic heterocycles. The average Bonchev–Trinajstić information content (AvgIpc) is 3.23. The first kappa shape index (κ1) is 20.4. The van der Waals surface area contributed by atoms with E-state index in [0.29, 0.717) is 5.82 Å². The second kappa shape index (κ2) is 7.58. The number of hydrogen-bond acceptors (Lipinski definition) is 4. The molecule has 3 aromatic heterocycles. The minimum Gasteiger partial charge on any atom is -0.285 e. The molecule has 5 heteroatoms. The Hall–Kier alpha value is -4.48. The fourth-order valence-corrected chi connectivity index (χ4v) is 4.15. The highest BCUT2D eigenvalue weighted by Crippen LogP contribution is 2.32. The van der Waals surface area contributed by atoms with E-state index in [0.717, 1.165) is 50.0 Å². The fourth-order valence-electron chi connectivity index (χ4n) is 4.15. The Kier molecular flexibility index (Phi) is 4.69. The third kappa shape index (κ3) is 3.32. The standard InChI is InChI=1S/C28H21N5/c1-5-26-32-25-16-31-24-13-8-19(22-7-6-14-30-18(22)2)15-23(24)27(25)33(26)21-11-9-20(10-12-21)28(3,4)17-29/h1,6-16H,2-4H3. The number of nitrogens with zero attached hydrogens (tertiary/aromatic N) is 5. The van der Waals surface area contributed by atoms with Gasteiger partial charge in [-0.05, 0) is 68.2 Å². The summed E-state index contributed by atoms with van der Waals surface area (Å²) >= 11 is 0. The normalized spacial score (nSPS) is 11.4. The smallest absolute Gasteiger partial charge is 0.190 e. The largest absolute Gasteiger partial charge is 0.285 e. The van der Waals surface area contributed by atoms with Gasteiger partial charge in [0, 0.05) is 28.5 Å². The van der Waals surface area contributed by atoms with E-state index in [1.54, 1.807) is 12.4 Å². The van der Waals surface area contributed by atoms with Crippen molar-refractivity contribution in [2.45, 2.75) is 26.2 Å². The summed E-state index contributed by atoms with van der Waals surface area (Å²) in [5, 5.41) is 10.4. The van der Waals surface area contributed by atoms with Crippen molar-refractivity contribution in [3.8, 4) is 35.2 Å². The average molecular weight is 428 g/mol. The highest BCUT2D eigenvalue weighted by Gasteiger charge is 2.21. The highest BCUT2D eigenvalue weighted by molar-refractivity contribution is 6.05. The summed E-state index contributed by atoms with van der Waals surface area (Å²) in [5.41, 5.74) is 6.86. The Balaban J connectivity index is 1.78. The second-order valence-corrected chi connectivity index (χ2v) is 8.56. The number of nitriles is 1. The molecule has 5 aromatic rings. The Morgan fingerprint density at radius 2 is 1.79 bits per heavy atom. The number of rotatable bonds is 3. The summed E-state index contributed by atoms with van der Waals surface area (Å²) in [5.74, 6) is 3.23. The number of benzene rings is 2. The van der Waals surface area contributed by atoms with E-state index in [9.17, 15) is 5.26 Å². The molecule has 158 valence electrons. The third-order valence-corrected chi connectivity index (χ3v) is 6.06. The zero-order valence-electron chi connectivity index (χ0n) is 18.7. The zero-order valence-corrected chi connectivity index (χ0v) is 18.7. The van der Waals surface area contributed by atoms with Gasteiger partial charge in [-0.3, -0.25) is 14.5 Å². The van der Waals surface area contributed by atoms with Gasteiger partial charge in [0.15, 0.2) is 5.82 Å². The predicted molar refractivity (Wildman–Crippen MR) is 131 cm³/mol. The number of pyridine rings is 2. The van der Waals surface area contributed by atoms with Gasteiger partial charge >= 0.3 is 0 Å². The van der Waals surface area contributed by atoms with Gasteiger partial charge < -0.3 is 0 Å². The van der Waals surface area contributed by atoms with Crippen LogP contribution in [0.2, 0.25) is 0 Å². The van der Waals surface area contributed by atoms with Crippen LogP contribution in [0.5, 0.6) is 0 Å². The molecule has 0 atom stereocenters. The van der Waals surface area contributed by atoms with Crippen LogP contribution < -0.4 is 0 Å². The molecular weight excluding hydrogens is 406 g/mol. The predicted octanol–water partition coefficient (Wildman–Crippen LogP) is 5.73. The van der Waals surface area contributed by atoms with Gasteiger partial charge in [-0.1, -0.05) is 24.3 Å². The summed E-state index contributed by atoms with van der Waals surface area (Å²) in [7, 11) is 0. The molecule has 0 saturated heterocycles. The Morgan fingerprint density at radius 3 is 2.48 bits per heavy atom. The maximum absolute atomic E-state index is 9.48. The van der Waals surface area contributed by atoms with Crippen molar-refractivity contribution < 1.29 is 0 Å². The number of hydrogen-bond donors (Lipinski definition) is 0. The van der Waals surface area contributed by atoms with Crippen LogP contribution in [0.1, 0.15) is 30.9 Å². The van der Waals surface area contributed by atoms with Crippen molar-refractivity contribution in [3.63, 3.8) is 0 Å². The topological polar surface area (TPSA) is 67.4 Å². The molecule has 0 N–H and O–H groups in total. The lowest BCUT2D eigenvalue weighted by molar-refractivity contribution is 0.686.